The van der Waals surface area contributed by atoms with E-state index in [0.29, 0.717) is 34.2 Å². The molecule has 0 N–H and O–H groups in total. The second kappa shape index (κ2) is 5.05. The van der Waals surface area contributed by atoms with Crippen LogP contribution in [0.1, 0.15) is 41.7 Å². The molecule has 0 unspecified atom stereocenters. The fourth-order valence-corrected chi connectivity index (χ4v) is 2.53. The van der Waals surface area contributed by atoms with Crippen LogP contribution in [0.5, 0.6) is 5.88 Å². The van der Waals surface area contributed by atoms with Crippen molar-refractivity contribution in [3.63, 3.8) is 0 Å². The predicted molar refractivity (Wildman–Crippen MR) is 76.1 cm³/mol. The first-order chi connectivity index (χ1) is 9.63. The summed E-state index contributed by atoms with van der Waals surface area (Å²) in [5.74, 6) is 0.225. The lowest BCUT2D eigenvalue weighted by atomic mass is 10.1. The summed E-state index contributed by atoms with van der Waals surface area (Å²) in [6, 6.07) is 0.438. The van der Waals surface area contributed by atoms with Crippen molar-refractivity contribution in [3.05, 3.63) is 28.1 Å². The minimum atomic E-state index is -0.125. The van der Waals surface area contributed by atoms with E-state index in [-0.39, 0.29) is 5.78 Å². The number of halogens is 1. The SMILES string of the molecule is CCn1cc(C(=O)c2cn(C3CC3)nc2Br)c(OC)n1. The molecule has 3 rings (SSSR count). The van der Waals surface area contributed by atoms with Crippen LogP contribution >= 0.6 is 15.9 Å². The summed E-state index contributed by atoms with van der Waals surface area (Å²) in [5.41, 5.74) is 1.01. The largest absolute Gasteiger partial charge is 0.479 e. The highest BCUT2D eigenvalue weighted by Crippen LogP contribution is 2.36. The molecule has 0 aromatic carbocycles. The highest BCUT2D eigenvalue weighted by molar-refractivity contribution is 9.10. The number of methoxy groups -OCH3 is 1. The van der Waals surface area contributed by atoms with Crippen molar-refractivity contribution in [2.75, 3.05) is 7.11 Å². The van der Waals surface area contributed by atoms with Crippen molar-refractivity contribution < 1.29 is 9.53 Å². The van der Waals surface area contributed by atoms with Gasteiger partial charge in [-0.3, -0.25) is 14.2 Å². The Hall–Kier alpha value is -1.63. The van der Waals surface area contributed by atoms with Gasteiger partial charge >= 0.3 is 0 Å². The van der Waals surface area contributed by atoms with Gasteiger partial charge in [-0.25, -0.2) is 0 Å². The number of hydrogen-bond donors (Lipinski definition) is 0. The highest BCUT2D eigenvalue weighted by Gasteiger charge is 2.28. The quantitative estimate of drug-likeness (QED) is 0.785. The fraction of sp³-hybridized carbons (Fsp3) is 0.462. The molecule has 0 bridgehead atoms. The minimum absolute atomic E-state index is 0.125. The first-order valence-electron chi connectivity index (χ1n) is 6.54. The van der Waals surface area contributed by atoms with E-state index in [9.17, 15) is 4.79 Å². The zero-order chi connectivity index (χ0) is 14.3. The third-order valence-corrected chi connectivity index (χ3v) is 3.93. The second-order valence-electron chi connectivity index (χ2n) is 4.78. The van der Waals surface area contributed by atoms with Gasteiger partial charge < -0.3 is 4.74 Å². The average molecular weight is 339 g/mol. The first-order valence-corrected chi connectivity index (χ1v) is 7.34. The maximum absolute atomic E-state index is 12.6. The smallest absolute Gasteiger partial charge is 0.243 e. The monoisotopic (exact) mass is 338 g/mol. The Morgan fingerprint density at radius 2 is 2.15 bits per heavy atom. The Bertz CT molecular complexity index is 657. The van der Waals surface area contributed by atoms with Gasteiger partial charge in [-0.15, -0.1) is 5.10 Å². The maximum Gasteiger partial charge on any atom is 0.243 e. The molecule has 2 aromatic rings. The van der Waals surface area contributed by atoms with Crippen LogP contribution in [-0.2, 0) is 6.54 Å². The van der Waals surface area contributed by atoms with Gasteiger partial charge in [-0.2, -0.15) is 5.10 Å². The van der Waals surface area contributed by atoms with Gasteiger partial charge in [-0.1, -0.05) is 0 Å². The van der Waals surface area contributed by atoms with Gasteiger partial charge in [0.15, 0.2) is 0 Å². The molecule has 0 radical (unpaired) electrons. The lowest BCUT2D eigenvalue weighted by Crippen LogP contribution is -2.02. The van der Waals surface area contributed by atoms with Crippen LogP contribution in [0.4, 0.5) is 0 Å². The molecule has 2 aromatic heterocycles. The van der Waals surface area contributed by atoms with Crippen molar-refractivity contribution >= 4 is 21.7 Å². The molecule has 1 aliphatic rings. The van der Waals surface area contributed by atoms with Gasteiger partial charge in [0.25, 0.3) is 0 Å². The van der Waals surface area contributed by atoms with Crippen molar-refractivity contribution in [2.24, 2.45) is 0 Å². The topological polar surface area (TPSA) is 61.9 Å². The number of aromatic nitrogens is 4. The van der Waals surface area contributed by atoms with Crippen LogP contribution in [0.25, 0.3) is 0 Å². The zero-order valence-electron chi connectivity index (χ0n) is 11.3. The van der Waals surface area contributed by atoms with Crippen LogP contribution in [0, 0.1) is 0 Å². The molecule has 0 saturated heterocycles. The Morgan fingerprint density at radius 3 is 2.75 bits per heavy atom. The summed E-state index contributed by atoms with van der Waals surface area (Å²) in [5, 5.41) is 8.55. The molecular formula is C13H15BrN4O2. The Labute approximate surface area is 124 Å². The number of rotatable bonds is 5. The molecule has 20 heavy (non-hydrogen) atoms. The Kier molecular flexibility index (Phi) is 3.37. The average Bonchev–Trinajstić information content (AvgIpc) is 3.10. The van der Waals surface area contributed by atoms with Crippen LogP contribution in [0.3, 0.4) is 0 Å². The number of aryl methyl sites for hydroxylation is 1. The second-order valence-corrected chi connectivity index (χ2v) is 5.53. The highest BCUT2D eigenvalue weighted by atomic mass is 79.9. The molecule has 0 amide bonds. The van der Waals surface area contributed by atoms with Crippen LogP contribution in [-0.4, -0.2) is 32.5 Å². The van der Waals surface area contributed by atoms with E-state index in [4.69, 9.17) is 4.74 Å². The fourth-order valence-electron chi connectivity index (χ4n) is 2.07. The van der Waals surface area contributed by atoms with E-state index in [1.807, 2.05) is 11.6 Å². The summed E-state index contributed by atoms with van der Waals surface area (Å²) < 4.78 is 9.29. The normalized spacial score (nSPS) is 14.6. The number of nitrogens with zero attached hydrogens (tertiary/aromatic N) is 4. The van der Waals surface area contributed by atoms with Crippen molar-refractivity contribution in [2.45, 2.75) is 32.4 Å². The van der Waals surface area contributed by atoms with Crippen LogP contribution in [0.2, 0.25) is 0 Å². The van der Waals surface area contributed by atoms with E-state index in [1.54, 1.807) is 17.1 Å². The van der Waals surface area contributed by atoms with Gasteiger partial charge in [0.05, 0.1) is 18.7 Å². The van der Waals surface area contributed by atoms with Crippen molar-refractivity contribution in [3.8, 4) is 5.88 Å². The van der Waals surface area contributed by atoms with E-state index in [2.05, 4.69) is 26.1 Å². The van der Waals surface area contributed by atoms with Gasteiger partial charge in [0.1, 0.15) is 10.2 Å². The van der Waals surface area contributed by atoms with Crippen molar-refractivity contribution in [1.82, 2.24) is 19.6 Å². The molecule has 0 atom stereocenters. The molecule has 106 valence electrons. The first kappa shape index (κ1) is 13.4. The molecule has 6 nitrogen and oxygen atoms in total. The van der Waals surface area contributed by atoms with E-state index in [0.717, 1.165) is 12.8 Å². The molecule has 1 saturated carbocycles. The molecule has 0 spiro atoms. The van der Waals surface area contributed by atoms with Crippen LogP contribution < -0.4 is 4.74 Å². The minimum Gasteiger partial charge on any atom is -0.479 e. The zero-order valence-corrected chi connectivity index (χ0v) is 12.9. The molecule has 1 aliphatic carbocycles. The molecule has 0 aliphatic heterocycles. The van der Waals surface area contributed by atoms with Crippen LogP contribution in [0.15, 0.2) is 17.0 Å². The lowest BCUT2D eigenvalue weighted by molar-refractivity contribution is 0.103. The maximum atomic E-state index is 12.6. The lowest BCUT2D eigenvalue weighted by Gasteiger charge is -1.98. The molecule has 1 fully saturated rings. The van der Waals surface area contributed by atoms with E-state index in [1.165, 1.54) is 7.11 Å². The third-order valence-electron chi connectivity index (χ3n) is 3.34. The third kappa shape index (κ3) is 2.26. The van der Waals surface area contributed by atoms with E-state index >= 15 is 0 Å². The number of ether oxygens (including phenoxy) is 1. The predicted octanol–water partition coefficient (Wildman–Crippen LogP) is 2.44. The van der Waals surface area contributed by atoms with Crippen molar-refractivity contribution in [1.29, 1.82) is 0 Å². The van der Waals surface area contributed by atoms with Gasteiger partial charge in [0.2, 0.25) is 11.7 Å². The standard InChI is InChI=1S/C13H15BrN4O2/c1-3-17-6-10(13(16-17)20-2)11(19)9-7-18(8-4-5-8)15-12(9)14/h6-8H,3-5H2,1-2H3. The van der Waals surface area contributed by atoms with Gasteiger partial charge in [0, 0.05) is 18.9 Å². The summed E-state index contributed by atoms with van der Waals surface area (Å²) in [6.07, 6.45) is 5.76. The van der Waals surface area contributed by atoms with E-state index < -0.39 is 0 Å². The number of carbonyl (C=O) groups excluding carboxylic acids is 1. The summed E-state index contributed by atoms with van der Waals surface area (Å²) in [6.45, 7) is 2.65. The number of carbonyl (C=O) groups is 1. The molecule has 2 heterocycles. The number of ketones is 1. The number of hydrogen-bond acceptors (Lipinski definition) is 4. The summed E-state index contributed by atoms with van der Waals surface area (Å²) >= 11 is 3.36. The Morgan fingerprint density at radius 1 is 1.40 bits per heavy atom. The van der Waals surface area contributed by atoms with Gasteiger partial charge in [-0.05, 0) is 35.7 Å². The summed E-state index contributed by atoms with van der Waals surface area (Å²) in [4.78, 5) is 12.6. The molecular weight excluding hydrogens is 324 g/mol. The summed E-state index contributed by atoms with van der Waals surface area (Å²) in [7, 11) is 1.52. The molecule has 7 heteroatoms. The Balaban J connectivity index is 1.97.